The molecule has 2 heterocycles. The predicted octanol–water partition coefficient (Wildman–Crippen LogP) is 3.50. The maximum absolute atomic E-state index is 12.7. The van der Waals surface area contributed by atoms with Crippen LogP contribution in [-0.2, 0) is 6.54 Å². The lowest BCUT2D eigenvalue weighted by Crippen LogP contribution is -2.25. The number of fused-ring (bicyclic) bond motifs is 2. The molecule has 0 fully saturated rings. The van der Waals surface area contributed by atoms with E-state index in [4.69, 9.17) is 0 Å². The summed E-state index contributed by atoms with van der Waals surface area (Å²) in [7, 11) is 0. The number of amides is 1. The van der Waals surface area contributed by atoms with Crippen molar-refractivity contribution in [2.24, 2.45) is 0 Å². The molecule has 134 valence electrons. The molecule has 0 unspecified atom stereocenters. The molecular formula is C21H17N3O2S. The van der Waals surface area contributed by atoms with E-state index in [2.05, 4.69) is 10.3 Å². The third-order valence-corrected chi connectivity index (χ3v) is 5.15. The van der Waals surface area contributed by atoms with Crippen LogP contribution in [-0.4, -0.2) is 21.5 Å². The van der Waals surface area contributed by atoms with E-state index in [9.17, 15) is 9.59 Å². The highest BCUT2D eigenvalue weighted by molar-refractivity contribution is 7.98. The maximum atomic E-state index is 12.7. The number of aromatic nitrogens is 2. The summed E-state index contributed by atoms with van der Waals surface area (Å²) in [5.41, 5.74) is 2.14. The van der Waals surface area contributed by atoms with Gasteiger partial charge in [-0.25, -0.2) is 4.98 Å². The molecule has 0 spiro atoms. The van der Waals surface area contributed by atoms with Gasteiger partial charge in [0.25, 0.3) is 11.5 Å². The zero-order valence-electron chi connectivity index (χ0n) is 14.7. The number of benzene rings is 2. The molecular weight excluding hydrogens is 358 g/mol. The molecule has 1 amide bonds. The lowest BCUT2D eigenvalue weighted by Gasteiger charge is -2.09. The minimum absolute atomic E-state index is 0.182. The van der Waals surface area contributed by atoms with Gasteiger partial charge in [-0.3, -0.25) is 14.0 Å². The van der Waals surface area contributed by atoms with E-state index in [-0.39, 0.29) is 11.5 Å². The summed E-state index contributed by atoms with van der Waals surface area (Å²) in [6, 6.07) is 18.5. The molecule has 0 aliphatic rings. The molecule has 0 saturated heterocycles. The SMILES string of the molecule is CSc1ccc(CNC(=O)c2cccn3c(=O)c4ccccc4nc23)cc1. The molecule has 2 aromatic heterocycles. The second-order valence-electron chi connectivity index (χ2n) is 6.08. The summed E-state index contributed by atoms with van der Waals surface area (Å²) in [5.74, 6) is -0.260. The molecule has 0 aliphatic carbocycles. The van der Waals surface area contributed by atoms with Crippen molar-refractivity contribution in [3.05, 3.63) is 88.3 Å². The van der Waals surface area contributed by atoms with Crippen molar-refractivity contribution in [3.63, 3.8) is 0 Å². The smallest absolute Gasteiger partial charge is 0.265 e. The average molecular weight is 375 g/mol. The van der Waals surface area contributed by atoms with Crippen LogP contribution in [0.2, 0.25) is 0 Å². The van der Waals surface area contributed by atoms with E-state index in [0.29, 0.717) is 28.7 Å². The van der Waals surface area contributed by atoms with E-state index >= 15 is 0 Å². The molecule has 0 aliphatic heterocycles. The van der Waals surface area contributed by atoms with E-state index in [1.807, 2.05) is 36.6 Å². The molecule has 6 heteroatoms. The Morgan fingerprint density at radius 2 is 1.85 bits per heavy atom. The summed E-state index contributed by atoms with van der Waals surface area (Å²) >= 11 is 1.67. The molecule has 2 aromatic carbocycles. The Kier molecular flexibility index (Phi) is 4.64. The Morgan fingerprint density at radius 3 is 2.63 bits per heavy atom. The molecule has 0 atom stereocenters. The minimum atomic E-state index is -0.260. The third kappa shape index (κ3) is 3.31. The van der Waals surface area contributed by atoms with Crippen molar-refractivity contribution >= 4 is 34.2 Å². The Balaban J connectivity index is 1.68. The van der Waals surface area contributed by atoms with Gasteiger partial charge in [-0.05, 0) is 48.2 Å². The van der Waals surface area contributed by atoms with Gasteiger partial charge in [0.2, 0.25) is 0 Å². The van der Waals surface area contributed by atoms with Crippen LogP contribution in [0.15, 0.2) is 76.6 Å². The topological polar surface area (TPSA) is 63.5 Å². The average Bonchev–Trinajstić information content (AvgIpc) is 2.72. The first-order valence-corrected chi connectivity index (χ1v) is 9.71. The van der Waals surface area contributed by atoms with Gasteiger partial charge in [0.15, 0.2) is 5.65 Å². The van der Waals surface area contributed by atoms with E-state index < -0.39 is 0 Å². The number of pyridine rings is 1. The van der Waals surface area contributed by atoms with Crippen molar-refractivity contribution < 1.29 is 4.79 Å². The summed E-state index contributed by atoms with van der Waals surface area (Å²) in [6.07, 6.45) is 3.66. The van der Waals surface area contributed by atoms with Gasteiger partial charge in [0, 0.05) is 17.6 Å². The molecule has 5 nitrogen and oxygen atoms in total. The van der Waals surface area contributed by atoms with E-state index in [0.717, 1.165) is 5.56 Å². The van der Waals surface area contributed by atoms with Crippen molar-refractivity contribution in [2.45, 2.75) is 11.4 Å². The van der Waals surface area contributed by atoms with Crippen LogP contribution in [0.25, 0.3) is 16.6 Å². The summed E-state index contributed by atoms with van der Waals surface area (Å²) in [4.78, 5) is 31.1. The first-order chi connectivity index (χ1) is 13.2. The molecule has 1 N–H and O–H groups in total. The largest absolute Gasteiger partial charge is 0.348 e. The van der Waals surface area contributed by atoms with Gasteiger partial charge >= 0.3 is 0 Å². The van der Waals surface area contributed by atoms with Crippen LogP contribution in [0.5, 0.6) is 0 Å². The first kappa shape index (κ1) is 17.3. The van der Waals surface area contributed by atoms with Crippen LogP contribution in [0.4, 0.5) is 0 Å². The van der Waals surface area contributed by atoms with Gasteiger partial charge in [0.05, 0.1) is 16.5 Å². The number of carbonyl (C=O) groups is 1. The standard InChI is InChI=1S/C21H17N3O2S/c1-27-15-10-8-14(9-11-15)13-22-20(25)17-6-4-12-24-19(17)23-18-7-3-2-5-16(18)21(24)26/h2-12H,13H2,1H3,(H,22,25). The predicted molar refractivity (Wildman–Crippen MR) is 108 cm³/mol. The molecule has 0 bridgehead atoms. The zero-order chi connectivity index (χ0) is 18.8. The zero-order valence-corrected chi connectivity index (χ0v) is 15.5. The highest BCUT2D eigenvalue weighted by Gasteiger charge is 2.14. The summed E-state index contributed by atoms with van der Waals surface area (Å²) < 4.78 is 1.42. The van der Waals surface area contributed by atoms with Gasteiger partial charge in [-0.1, -0.05) is 24.3 Å². The van der Waals surface area contributed by atoms with Gasteiger partial charge in [0.1, 0.15) is 0 Å². The van der Waals surface area contributed by atoms with Crippen molar-refractivity contribution in [1.82, 2.24) is 14.7 Å². The quantitative estimate of drug-likeness (QED) is 0.438. The number of hydrogen-bond donors (Lipinski definition) is 1. The fourth-order valence-electron chi connectivity index (χ4n) is 2.97. The number of thioether (sulfide) groups is 1. The third-order valence-electron chi connectivity index (χ3n) is 4.40. The number of para-hydroxylation sites is 1. The fraction of sp³-hybridized carbons (Fsp3) is 0.0952. The Bertz CT molecular complexity index is 1200. The highest BCUT2D eigenvalue weighted by Crippen LogP contribution is 2.15. The molecule has 0 saturated carbocycles. The van der Waals surface area contributed by atoms with Crippen LogP contribution in [0.1, 0.15) is 15.9 Å². The van der Waals surface area contributed by atoms with Gasteiger partial charge in [-0.2, -0.15) is 0 Å². The van der Waals surface area contributed by atoms with Crippen molar-refractivity contribution in [2.75, 3.05) is 6.26 Å². The number of nitrogens with one attached hydrogen (secondary N) is 1. The maximum Gasteiger partial charge on any atom is 0.265 e. The molecule has 27 heavy (non-hydrogen) atoms. The number of rotatable bonds is 4. The normalized spacial score (nSPS) is 11.0. The number of hydrogen-bond acceptors (Lipinski definition) is 4. The van der Waals surface area contributed by atoms with Crippen molar-refractivity contribution in [1.29, 1.82) is 0 Å². The van der Waals surface area contributed by atoms with E-state index in [1.54, 1.807) is 48.3 Å². The second-order valence-corrected chi connectivity index (χ2v) is 6.96. The van der Waals surface area contributed by atoms with Crippen molar-refractivity contribution in [3.8, 4) is 0 Å². The Hall–Kier alpha value is -3.12. The van der Waals surface area contributed by atoms with Crippen LogP contribution in [0, 0.1) is 0 Å². The van der Waals surface area contributed by atoms with Crippen LogP contribution >= 0.6 is 11.8 Å². The van der Waals surface area contributed by atoms with Gasteiger partial charge < -0.3 is 5.32 Å². The molecule has 0 radical (unpaired) electrons. The van der Waals surface area contributed by atoms with Crippen LogP contribution in [0.3, 0.4) is 0 Å². The molecule has 4 aromatic rings. The Morgan fingerprint density at radius 1 is 1.07 bits per heavy atom. The number of nitrogens with zero attached hydrogens (tertiary/aromatic N) is 2. The molecule has 4 rings (SSSR count). The number of carbonyl (C=O) groups excluding carboxylic acids is 1. The van der Waals surface area contributed by atoms with E-state index in [1.165, 1.54) is 9.30 Å². The first-order valence-electron chi connectivity index (χ1n) is 8.48. The lowest BCUT2D eigenvalue weighted by atomic mass is 10.2. The summed E-state index contributed by atoms with van der Waals surface area (Å²) in [5, 5.41) is 3.44. The van der Waals surface area contributed by atoms with Crippen LogP contribution < -0.4 is 10.9 Å². The highest BCUT2D eigenvalue weighted by atomic mass is 32.2. The monoisotopic (exact) mass is 375 g/mol. The Labute approximate surface area is 160 Å². The minimum Gasteiger partial charge on any atom is -0.348 e. The van der Waals surface area contributed by atoms with Gasteiger partial charge in [-0.15, -0.1) is 11.8 Å². The lowest BCUT2D eigenvalue weighted by molar-refractivity contribution is 0.0952. The fourth-order valence-corrected chi connectivity index (χ4v) is 3.38. The second kappa shape index (κ2) is 7.25. The summed E-state index contributed by atoms with van der Waals surface area (Å²) in [6.45, 7) is 0.409.